The van der Waals surface area contributed by atoms with Crippen LogP contribution in [0.15, 0.2) is 0 Å². The van der Waals surface area contributed by atoms with Crippen LogP contribution < -0.4 is 5.32 Å². The lowest BCUT2D eigenvalue weighted by Gasteiger charge is -2.31. The molecule has 104 valence electrons. The second kappa shape index (κ2) is 6.04. The van der Waals surface area contributed by atoms with Gasteiger partial charge in [0, 0.05) is 13.1 Å². The van der Waals surface area contributed by atoms with Gasteiger partial charge < -0.3 is 20.1 Å². The van der Waals surface area contributed by atoms with Crippen LogP contribution in [0.2, 0.25) is 0 Å². The molecule has 0 aromatic carbocycles. The van der Waals surface area contributed by atoms with E-state index in [1.165, 1.54) is 4.90 Å². The van der Waals surface area contributed by atoms with E-state index < -0.39 is 17.7 Å². The molecule has 18 heavy (non-hydrogen) atoms. The third-order valence-corrected chi connectivity index (χ3v) is 2.61. The van der Waals surface area contributed by atoms with Gasteiger partial charge in [0.25, 0.3) is 0 Å². The zero-order valence-electron chi connectivity index (χ0n) is 11.2. The number of hydrogen-bond acceptors (Lipinski definition) is 4. The molecule has 2 N–H and O–H groups in total. The molecule has 0 radical (unpaired) electrons. The van der Waals surface area contributed by atoms with Gasteiger partial charge in [0.15, 0.2) is 0 Å². The number of carboxylic acid groups (broad SMARTS) is 1. The Morgan fingerprint density at radius 3 is 2.67 bits per heavy atom. The van der Waals surface area contributed by atoms with E-state index in [2.05, 4.69) is 5.32 Å². The molecule has 0 aliphatic carbocycles. The molecule has 1 rings (SSSR count). The second-order valence-electron chi connectivity index (χ2n) is 5.48. The normalized spacial score (nSPS) is 21.3. The fourth-order valence-corrected chi connectivity index (χ4v) is 1.88. The van der Waals surface area contributed by atoms with Crippen LogP contribution in [0, 0.1) is 0 Å². The summed E-state index contributed by atoms with van der Waals surface area (Å²) in [5.74, 6) is -0.905. The average Bonchev–Trinajstić information content (AvgIpc) is 2.39. The summed E-state index contributed by atoms with van der Waals surface area (Å²) >= 11 is 0. The van der Waals surface area contributed by atoms with Crippen molar-refractivity contribution < 1.29 is 19.4 Å². The van der Waals surface area contributed by atoms with Crippen molar-refractivity contribution in [1.29, 1.82) is 0 Å². The zero-order valence-corrected chi connectivity index (χ0v) is 11.2. The van der Waals surface area contributed by atoms with E-state index in [0.29, 0.717) is 13.1 Å². The Bertz CT molecular complexity index is 312. The number of rotatable bonds is 2. The highest BCUT2D eigenvalue weighted by Crippen LogP contribution is 2.15. The molecule has 1 amide bonds. The minimum atomic E-state index is -0.905. The summed E-state index contributed by atoms with van der Waals surface area (Å²) in [5, 5.41) is 12.0. The summed E-state index contributed by atoms with van der Waals surface area (Å²) in [5.41, 5.74) is -0.565. The van der Waals surface area contributed by atoms with E-state index in [1.807, 2.05) is 0 Å². The van der Waals surface area contributed by atoms with Gasteiger partial charge in [-0.3, -0.25) is 4.79 Å². The number of nitrogens with zero attached hydrogens (tertiary/aromatic N) is 1. The molecule has 6 heteroatoms. The van der Waals surface area contributed by atoms with Crippen LogP contribution in [0.25, 0.3) is 0 Å². The Morgan fingerprint density at radius 1 is 1.44 bits per heavy atom. The number of carbonyl (C=O) groups excluding carboxylic acids is 1. The maximum absolute atomic E-state index is 12.0. The molecule has 1 unspecified atom stereocenters. The number of amides is 1. The first-order chi connectivity index (χ1) is 8.29. The van der Waals surface area contributed by atoms with Crippen molar-refractivity contribution in [1.82, 2.24) is 10.2 Å². The molecular formula is C12H22N2O4. The number of hydrogen-bond donors (Lipinski definition) is 2. The largest absolute Gasteiger partial charge is 0.481 e. The molecular weight excluding hydrogens is 236 g/mol. The van der Waals surface area contributed by atoms with Crippen molar-refractivity contribution in [3.8, 4) is 0 Å². The van der Waals surface area contributed by atoms with E-state index in [1.54, 1.807) is 20.8 Å². The lowest BCUT2D eigenvalue weighted by Crippen LogP contribution is -2.46. The van der Waals surface area contributed by atoms with Crippen molar-refractivity contribution in [2.45, 2.75) is 45.3 Å². The molecule has 6 nitrogen and oxygen atoms in total. The number of nitrogens with one attached hydrogen (secondary N) is 1. The number of carbonyl (C=O) groups is 2. The summed E-state index contributed by atoms with van der Waals surface area (Å²) in [6.07, 6.45) is 0.305. The fraction of sp³-hybridized carbons (Fsp3) is 0.833. The van der Waals surface area contributed by atoms with Gasteiger partial charge in [0.2, 0.25) is 0 Å². The van der Waals surface area contributed by atoms with Gasteiger partial charge in [-0.15, -0.1) is 0 Å². The van der Waals surface area contributed by atoms with Gasteiger partial charge in [0.05, 0.1) is 12.5 Å². The summed E-state index contributed by atoms with van der Waals surface area (Å²) in [6.45, 7) is 7.20. The molecule has 0 bridgehead atoms. The lowest BCUT2D eigenvalue weighted by molar-refractivity contribution is -0.138. The van der Waals surface area contributed by atoms with Gasteiger partial charge in [-0.1, -0.05) is 0 Å². The van der Waals surface area contributed by atoms with Gasteiger partial charge in [-0.05, 0) is 33.7 Å². The predicted octanol–water partition coefficient (Wildman–Crippen LogP) is 1.06. The van der Waals surface area contributed by atoms with E-state index in [9.17, 15) is 9.59 Å². The van der Waals surface area contributed by atoms with Crippen LogP contribution in [0.3, 0.4) is 0 Å². The second-order valence-corrected chi connectivity index (χ2v) is 5.48. The predicted molar refractivity (Wildman–Crippen MR) is 66.5 cm³/mol. The Morgan fingerprint density at radius 2 is 2.11 bits per heavy atom. The Balaban J connectivity index is 2.72. The van der Waals surface area contributed by atoms with Crippen molar-refractivity contribution in [2.24, 2.45) is 0 Å². The van der Waals surface area contributed by atoms with Crippen LogP contribution >= 0.6 is 0 Å². The maximum atomic E-state index is 12.0. The van der Waals surface area contributed by atoms with E-state index in [0.717, 1.165) is 13.0 Å². The summed E-state index contributed by atoms with van der Waals surface area (Å²) in [6, 6.07) is -0.347. The SMILES string of the molecule is CC(C)(C)OC(=O)N1CCCNCC1CC(=O)O. The van der Waals surface area contributed by atoms with Crippen LogP contribution in [-0.4, -0.2) is 53.3 Å². The smallest absolute Gasteiger partial charge is 0.410 e. The molecule has 0 aromatic rings. The van der Waals surface area contributed by atoms with Crippen molar-refractivity contribution in [2.75, 3.05) is 19.6 Å². The lowest BCUT2D eigenvalue weighted by atomic mass is 10.1. The first-order valence-corrected chi connectivity index (χ1v) is 6.22. The Hall–Kier alpha value is -1.30. The Kier molecular flexibility index (Phi) is 4.95. The van der Waals surface area contributed by atoms with Gasteiger partial charge in [0.1, 0.15) is 5.60 Å². The highest BCUT2D eigenvalue weighted by molar-refractivity contribution is 5.72. The molecule has 0 saturated carbocycles. The summed E-state index contributed by atoms with van der Waals surface area (Å²) in [4.78, 5) is 24.4. The van der Waals surface area contributed by atoms with Gasteiger partial charge in [-0.25, -0.2) is 4.79 Å². The fourth-order valence-electron chi connectivity index (χ4n) is 1.88. The summed E-state index contributed by atoms with van der Waals surface area (Å²) in [7, 11) is 0. The first-order valence-electron chi connectivity index (χ1n) is 6.22. The summed E-state index contributed by atoms with van der Waals surface area (Å²) < 4.78 is 5.31. The van der Waals surface area contributed by atoms with Crippen LogP contribution in [0.1, 0.15) is 33.6 Å². The first kappa shape index (κ1) is 14.8. The van der Waals surface area contributed by atoms with Crippen LogP contribution in [0.5, 0.6) is 0 Å². The van der Waals surface area contributed by atoms with Crippen molar-refractivity contribution in [3.05, 3.63) is 0 Å². The highest BCUT2D eigenvalue weighted by Gasteiger charge is 2.30. The van der Waals surface area contributed by atoms with E-state index in [4.69, 9.17) is 9.84 Å². The molecule has 1 heterocycles. The van der Waals surface area contributed by atoms with Gasteiger partial charge >= 0.3 is 12.1 Å². The molecule has 1 aliphatic rings. The standard InChI is InChI=1S/C12H22N2O4/c1-12(2,3)18-11(17)14-6-4-5-13-8-9(14)7-10(15)16/h9,13H,4-8H2,1-3H3,(H,15,16). The zero-order chi connectivity index (χ0) is 13.8. The molecule has 1 aliphatic heterocycles. The number of ether oxygens (including phenoxy) is 1. The van der Waals surface area contributed by atoms with Gasteiger partial charge in [-0.2, -0.15) is 0 Å². The maximum Gasteiger partial charge on any atom is 0.410 e. The van der Waals surface area contributed by atoms with E-state index >= 15 is 0 Å². The van der Waals surface area contributed by atoms with Crippen molar-refractivity contribution >= 4 is 12.1 Å². The molecule has 1 fully saturated rings. The topological polar surface area (TPSA) is 78.9 Å². The average molecular weight is 258 g/mol. The minimum Gasteiger partial charge on any atom is -0.481 e. The third kappa shape index (κ3) is 4.91. The van der Waals surface area contributed by atoms with E-state index in [-0.39, 0.29) is 12.5 Å². The van der Waals surface area contributed by atoms with Crippen molar-refractivity contribution in [3.63, 3.8) is 0 Å². The number of aliphatic carboxylic acids is 1. The van der Waals surface area contributed by atoms with Crippen LogP contribution in [-0.2, 0) is 9.53 Å². The third-order valence-electron chi connectivity index (χ3n) is 2.61. The monoisotopic (exact) mass is 258 g/mol. The van der Waals surface area contributed by atoms with Crippen LogP contribution in [0.4, 0.5) is 4.79 Å². The molecule has 1 saturated heterocycles. The molecule has 0 aromatic heterocycles. The highest BCUT2D eigenvalue weighted by atomic mass is 16.6. The quantitative estimate of drug-likeness (QED) is 0.774. The Labute approximate surface area is 107 Å². The molecule has 1 atom stereocenters. The minimum absolute atomic E-state index is 0.0633. The number of carboxylic acids is 1. The molecule has 0 spiro atoms.